The SMILES string of the molecule is CCc1ccc(NC(=O)CC2C(=O)Nc3c(-c4ccc(F)cc4)cnn32)cc1. The molecule has 0 radical (unpaired) electrons. The number of aromatic nitrogens is 2. The number of nitrogens with one attached hydrogen (secondary N) is 2. The van der Waals surface area contributed by atoms with Crippen molar-refractivity contribution in [1.29, 1.82) is 0 Å². The third kappa shape index (κ3) is 3.38. The molecule has 1 aliphatic heterocycles. The summed E-state index contributed by atoms with van der Waals surface area (Å²) in [6, 6.07) is 12.8. The summed E-state index contributed by atoms with van der Waals surface area (Å²) >= 11 is 0. The summed E-state index contributed by atoms with van der Waals surface area (Å²) in [6.07, 6.45) is 2.50. The normalized spacial score (nSPS) is 15.2. The van der Waals surface area contributed by atoms with Crippen LogP contribution < -0.4 is 10.6 Å². The van der Waals surface area contributed by atoms with Gasteiger partial charge < -0.3 is 10.6 Å². The van der Waals surface area contributed by atoms with Crippen molar-refractivity contribution >= 4 is 23.3 Å². The highest BCUT2D eigenvalue weighted by atomic mass is 19.1. The fourth-order valence-corrected chi connectivity index (χ4v) is 3.27. The summed E-state index contributed by atoms with van der Waals surface area (Å²) in [5, 5.41) is 9.87. The maximum atomic E-state index is 13.2. The van der Waals surface area contributed by atoms with Crippen LogP contribution in [-0.4, -0.2) is 21.6 Å². The summed E-state index contributed by atoms with van der Waals surface area (Å²) in [5.41, 5.74) is 3.30. The van der Waals surface area contributed by atoms with Crippen molar-refractivity contribution in [2.75, 3.05) is 10.6 Å². The van der Waals surface area contributed by atoms with E-state index in [1.165, 1.54) is 22.4 Å². The van der Waals surface area contributed by atoms with Gasteiger partial charge in [0.25, 0.3) is 5.91 Å². The molecule has 0 aliphatic carbocycles. The zero-order valence-corrected chi connectivity index (χ0v) is 15.3. The van der Waals surface area contributed by atoms with Gasteiger partial charge >= 0.3 is 0 Å². The summed E-state index contributed by atoms with van der Waals surface area (Å²) in [5.74, 6) is -0.376. The molecule has 0 bridgehead atoms. The molecule has 2 aromatic carbocycles. The Morgan fingerprint density at radius 1 is 1.18 bits per heavy atom. The molecule has 1 unspecified atom stereocenters. The molecule has 1 aromatic heterocycles. The van der Waals surface area contributed by atoms with E-state index in [1.807, 2.05) is 24.3 Å². The van der Waals surface area contributed by atoms with Crippen molar-refractivity contribution in [3.8, 4) is 11.1 Å². The zero-order valence-electron chi connectivity index (χ0n) is 15.3. The number of hydrogen-bond acceptors (Lipinski definition) is 3. The van der Waals surface area contributed by atoms with Crippen molar-refractivity contribution < 1.29 is 14.0 Å². The van der Waals surface area contributed by atoms with E-state index in [4.69, 9.17) is 0 Å². The average Bonchev–Trinajstić information content (AvgIpc) is 3.23. The zero-order chi connectivity index (χ0) is 19.7. The van der Waals surface area contributed by atoms with Crippen LogP contribution in [0.25, 0.3) is 11.1 Å². The Balaban J connectivity index is 1.50. The van der Waals surface area contributed by atoms with Crippen molar-refractivity contribution in [2.45, 2.75) is 25.8 Å². The summed E-state index contributed by atoms with van der Waals surface area (Å²) < 4.78 is 14.7. The first kappa shape index (κ1) is 17.9. The number of benzene rings is 2. The Labute approximate surface area is 161 Å². The van der Waals surface area contributed by atoms with E-state index in [9.17, 15) is 14.0 Å². The second-order valence-electron chi connectivity index (χ2n) is 6.67. The van der Waals surface area contributed by atoms with Crippen LogP contribution in [0.1, 0.15) is 24.9 Å². The number of halogens is 1. The van der Waals surface area contributed by atoms with Crippen molar-refractivity contribution in [3.05, 3.63) is 66.1 Å². The van der Waals surface area contributed by atoms with Gasteiger partial charge in [0.15, 0.2) is 0 Å². The largest absolute Gasteiger partial charge is 0.326 e. The monoisotopic (exact) mass is 378 g/mol. The Morgan fingerprint density at radius 3 is 2.57 bits per heavy atom. The molecule has 142 valence electrons. The lowest BCUT2D eigenvalue weighted by molar-refractivity contribution is -0.123. The predicted octanol–water partition coefficient (Wildman–Crippen LogP) is 3.77. The van der Waals surface area contributed by atoms with Gasteiger partial charge in [0.05, 0.1) is 12.6 Å². The van der Waals surface area contributed by atoms with Gasteiger partial charge in [0.2, 0.25) is 5.91 Å². The second-order valence-corrected chi connectivity index (χ2v) is 6.67. The average molecular weight is 378 g/mol. The number of hydrogen-bond donors (Lipinski definition) is 2. The van der Waals surface area contributed by atoms with Gasteiger partial charge in [-0.3, -0.25) is 9.59 Å². The minimum atomic E-state index is -0.723. The standard InChI is InChI=1S/C21H19FN4O2/c1-2-13-3-9-16(10-4-13)24-19(27)11-18-21(28)25-20-17(12-23-26(18)20)14-5-7-15(22)8-6-14/h3-10,12,18H,2,11H2,1H3,(H,24,27)(H,25,28). The molecule has 0 spiro atoms. The summed E-state index contributed by atoms with van der Waals surface area (Å²) in [6.45, 7) is 2.06. The number of carbonyl (C=O) groups excluding carboxylic acids is 2. The van der Waals surface area contributed by atoms with Gasteiger partial charge in [-0.25, -0.2) is 9.07 Å². The highest BCUT2D eigenvalue weighted by Gasteiger charge is 2.35. The molecular formula is C21H19FN4O2. The van der Waals surface area contributed by atoms with E-state index >= 15 is 0 Å². The first-order valence-corrected chi connectivity index (χ1v) is 9.08. The van der Waals surface area contributed by atoms with Gasteiger partial charge in [-0.15, -0.1) is 0 Å². The minimum Gasteiger partial charge on any atom is -0.326 e. The van der Waals surface area contributed by atoms with Crippen LogP contribution in [0.2, 0.25) is 0 Å². The topological polar surface area (TPSA) is 76.0 Å². The molecule has 4 rings (SSSR count). The van der Waals surface area contributed by atoms with E-state index in [1.54, 1.807) is 18.3 Å². The number of amides is 2. The first-order chi connectivity index (χ1) is 13.5. The number of nitrogens with zero attached hydrogens (tertiary/aromatic N) is 2. The van der Waals surface area contributed by atoms with E-state index in [-0.39, 0.29) is 24.1 Å². The van der Waals surface area contributed by atoms with Gasteiger partial charge in [0.1, 0.15) is 17.7 Å². The number of carbonyl (C=O) groups is 2. The lowest BCUT2D eigenvalue weighted by atomic mass is 10.1. The molecule has 0 fully saturated rings. The Hall–Kier alpha value is -3.48. The van der Waals surface area contributed by atoms with Crippen LogP contribution in [0.3, 0.4) is 0 Å². The van der Waals surface area contributed by atoms with Gasteiger partial charge in [-0.2, -0.15) is 5.10 Å². The van der Waals surface area contributed by atoms with Crippen molar-refractivity contribution in [1.82, 2.24) is 9.78 Å². The second kappa shape index (κ2) is 7.26. The van der Waals surface area contributed by atoms with E-state index in [0.717, 1.165) is 12.0 Å². The fourth-order valence-electron chi connectivity index (χ4n) is 3.27. The highest BCUT2D eigenvalue weighted by Crippen LogP contribution is 2.35. The van der Waals surface area contributed by atoms with Crippen molar-refractivity contribution in [2.24, 2.45) is 0 Å². The molecule has 2 amide bonds. The maximum Gasteiger partial charge on any atom is 0.251 e. The summed E-state index contributed by atoms with van der Waals surface area (Å²) in [7, 11) is 0. The highest BCUT2D eigenvalue weighted by molar-refractivity contribution is 6.04. The van der Waals surface area contributed by atoms with Gasteiger partial charge in [-0.05, 0) is 41.8 Å². The Bertz CT molecular complexity index is 1030. The van der Waals surface area contributed by atoms with Crippen LogP contribution in [0.15, 0.2) is 54.7 Å². The lowest BCUT2D eigenvalue weighted by Crippen LogP contribution is -2.23. The predicted molar refractivity (Wildman–Crippen MR) is 104 cm³/mol. The van der Waals surface area contributed by atoms with Gasteiger partial charge in [-0.1, -0.05) is 31.2 Å². The smallest absolute Gasteiger partial charge is 0.251 e. The first-order valence-electron chi connectivity index (χ1n) is 9.08. The van der Waals surface area contributed by atoms with Crippen LogP contribution in [-0.2, 0) is 16.0 Å². The molecule has 2 heterocycles. The molecule has 28 heavy (non-hydrogen) atoms. The third-order valence-electron chi connectivity index (χ3n) is 4.81. The lowest BCUT2D eigenvalue weighted by Gasteiger charge is -2.10. The Kier molecular flexibility index (Phi) is 4.65. The fraction of sp³-hybridized carbons (Fsp3) is 0.190. The Morgan fingerprint density at radius 2 is 1.89 bits per heavy atom. The molecule has 2 N–H and O–H groups in total. The van der Waals surface area contributed by atoms with Crippen molar-refractivity contribution in [3.63, 3.8) is 0 Å². The van der Waals surface area contributed by atoms with E-state index in [2.05, 4.69) is 22.7 Å². The quantitative estimate of drug-likeness (QED) is 0.710. The number of rotatable bonds is 5. The van der Waals surface area contributed by atoms with Gasteiger partial charge in [0, 0.05) is 11.3 Å². The molecule has 3 aromatic rings. The van der Waals surface area contributed by atoms with Crippen LogP contribution in [0.4, 0.5) is 15.9 Å². The third-order valence-corrected chi connectivity index (χ3v) is 4.81. The van der Waals surface area contributed by atoms with Crippen LogP contribution in [0, 0.1) is 5.82 Å². The number of aryl methyl sites for hydroxylation is 1. The van der Waals surface area contributed by atoms with E-state index in [0.29, 0.717) is 17.1 Å². The minimum absolute atomic E-state index is 0.0289. The van der Waals surface area contributed by atoms with Crippen LogP contribution >= 0.6 is 0 Å². The van der Waals surface area contributed by atoms with Crippen LogP contribution in [0.5, 0.6) is 0 Å². The molecule has 0 saturated carbocycles. The molecule has 1 aliphatic rings. The molecule has 0 saturated heterocycles. The maximum absolute atomic E-state index is 13.2. The number of fused-ring (bicyclic) bond motifs is 1. The molecule has 1 atom stereocenters. The number of anilines is 2. The van der Waals surface area contributed by atoms with E-state index < -0.39 is 6.04 Å². The molecule has 6 nitrogen and oxygen atoms in total. The molecular weight excluding hydrogens is 359 g/mol. The summed E-state index contributed by atoms with van der Waals surface area (Å²) in [4.78, 5) is 24.8. The molecule has 7 heteroatoms.